The highest BCUT2D eigenvalue weighted by atomic mass is 19.1. The van der Waals surface area contributed by atoms with Crippen LogP contribution in [0.1, 0.15) is 30.6 Å². The van der Waals surface area contributed by atoms with E-state index < -0.39 is 17.3 Å². The van der Waals surface area contributed by atoms with Crippen molar-refractivity contribution in [1.29, 1.82) is 0 Å². The van der Waals surface area contributed by atoms with E-state index in [1.165, 1.54) is 12.1 Å². The van der Waals surface area contributed by atoms with Crippen molar-refractivity contribution in [3.05, 3.63) is 29.6 Å². The third kappa shape index (κ3) is 3.17. The summed E-state index contributed by atoms with van der Waals surface area (Å²) >= 11 is 0. The first-order valence-electron chi connectivity index (χ1n) is 5.40. The predicted molar refractivity (Wildman–Crippen MR) is 64.1 cm³/mol. The zero-order valence-corrected chi connectivity index (χ0v) is 9.96. The normalized spacial score (nSPS) is 14.1. The van der Waals surface area contributed by atoms with Crippen molar-refractivity contribution < 1.29 is 14.3 Å². The number of nitrogens with two attached hydrogens (primary N) is 1. The molecule has 0 aromatic heterocycles. The fourth-order valence-corrected chi connectivity index (χ4v) is 1.30. The minimum absolute atomic E-state index is 0.113. The van der Waals surface area contributed by atoms with Crippen molar-refractivity contribution in [2.24, 2.45) is 0 Å². The lowest BCUT2D eigenvalue weighted by Gasteiger charge is -2.27. The van der Waals surface area contributed by atoms with Crippen LogP contribution < -0.4 is 11.1 Å². The van der Waals surface area contributed by atoms with E-state index in [0.717, 1.165) is 6.07 Å². The van der Waals surface area contributed by atoms with Gasteiger partial charge >= 0.3 is 0 Å². The number of anilines is 1. The molecule has 5 heteroatoms. The number of aliphatic hydroxyl groups is 1. The number of nitrogens with one attached hydrogen (secondary N) is 1. The highest BCUT2D eigenvalue weighted by Crippen LogP contribution is 2.14. The van der Waals surface area contributed by atoms with Crippen molar-refractivity contribution in [2.45, 2.75) is 25.8 Å². The van der Waals surface area contributed by atoms with Crippen LogP contribution in [0.25, 0.3) is 0 Å². The number of amides is 1. The molecular formula is C12H17FN2O2. The molecule has 1 amide bonds. The average molecular weight is 240 g/mol. The van der Waals surface area contributed by atoms with Gasteiger partial charge in [0.2, 0.25) is 0 Å². The topological polar surface area (TPSA) is 75.3 Å². The maximum atomic E-state index is 13.4. The number of carbonyl (C=O) groups is 1. The van der Waals surface area contributed by atoms with Gasteiger partial charge in [-0.05, 0) is 31.5 Å². The third-order valence-electron chi connectivity index (χ3n) is 2.78. The van der Waals surface area contributed by atoms with Gasteiger partial charge in [0.25, 0.3) is 5.91 Å². The van der Waals surface area contributed by atoms with Crippen LogP contribution in [0.4, 0.5) is 10.1 Å². The van der Waals surface area contributed by atoms with Crippen molar-refractivity contribution in [2.75, 3.05) is 12.3 Å². The van der Waals surface area contributed by atoms with Gasteiger partial charge in [-0.1, -0.05) is 6.92 Å². The largest absolute Gasteiger partial charge is 0.399 e. The SMILES string of the molecule is CCC(C)(CO)NC(=O)c1cc(N)ccc1F. The molecule has 0 fully saturated rings. The van der Waals surface area contributed by atoms with Crippen LogP contribution in [0.15, 0.2) is 18.2 Å². The molecule has 94 valence electrons. The number of benzene rings is 1. The van der Waals surface area contributed by atoms with Gasteiger partial charge in [-0.2, -0.15) is 0 Å². The Balaban J connectivity index is 2.94. The Labute approximate surface area is 99.6 Å². The van der Waals surface area contributed by atoms with E-state index in [2.05, 4.69) is 5.32 Å². The molecule has 1 aromatic rings. The Bertz CT molecular complexity index is 417. The molecule has 17 heavy (non-hydrogen) atoms. The summed E-state index contributed by atoms with van der Waals surface area (Å²) in [4.78, 5) is 11.8. The molecule has 0 aliphatic heterocycles. The highest BCUT2D eigenvalue weighted by molar-refractivity contribution is 5.95. The van der Waals surface area contributed by atoms with Gasteiger partial charge in [-0.3, -0.25) is 4.79 Å². The standard InChI is InChI=1S/C12H17FN2O2/c1-3-12(2,7-16)15-11(17)9-6-8(14)4-5-10(9)13/h4-6,16H,3,7,14H2,1-2H3,(H,15,17). The van der Waals surface area contributed by atoms with E-state index in [4.69, 9.17) is 5.73 Å². The van der Waals surface area contributed by atoms with Gasteiger partial charge in [-0.15, -0.1) is 0 Å². The summed E-state index contributed by atoms with van der Waals surface area (Å²) in [6.07, 6.45) is 0.541. The molecule has 1 atom stereocenters. The van der Waals surface area contributed by atoms with Gasteiger partial charge in [0.05, 0.1) is 17.7 Å². The lowest BCUT2D eigenvalue weighted by Crippen LogP contribution is -2.48. The van der Waals surface area contributed by atoms with Crippen molar-refractivity contribution in [1.82, 2.24) is 5.32 Å². The summed E-state index contributed by atoms with van der Waals surface area (Å²) < 4.78 is 13.4. The Kier molecular flexibility index (Phi) is 4.07. The molecule has 0 saturated carbocycles. The molecule has 0 spiro atoms. The minimum atomic E-state index is -0.756. The molecule has 0 aliphatic rings. The number of rotatable bonds is 4. The van der Waals surface area contributed by atoms with Crippen LogP contribution >= 0.6 is 0 Å². The van der Waals surface area contributed by atoms with Crippen LogP contribution in [0, 0.1) is 5.82 Å². The summed E-state index contributed by atoms with van der Waals surface area (Å²) in [7, 11) is 0. The number of hydrogen-bond acceptors (Lipinski definition) is 3. The summed E-state index contributed by atoms with van der Waals surface area (Å²) in [5, 5.41) is 11.8. The van der Waals surface area contributed by atoms with E-state index in [1.807, 2.05) is 6.92 Å². The predicted octanol–water partition coefficient (Wildman–Crippen LogP) is 1.30. The number of carbonyl (C=O) groups excluding carboxylic acids is 1. The molecule has 0 aliphatic carbocycles. The van der Waals surface area contributed by atoms with Crippen molar-refractivity contribution in [3.63, 3.8) is 0 Å². The Hall–Kier alpha value is -1.62. The zero-order chi connectivity index (χ0) is 13.1. The molecule has 4 nitrogen and oxygen atoms in total. The second-order valence-electron chi connectivity index (χ2n) is 4.27. The number of aliphatic hydroxyl groups excluding tert-OH is 1. The van der Waals surface area contributed by atoms with Gasteiger partial charge < -0.3 is 16.2 Å². The maximum Gasteiger partial charge on any atom is 0.254 e. The third-order valence-corrected chi connectivity index (χ3v) is 2.78. The van der Waals surface area contributed by atoms with Crippen LogP contribution in [0.5, 0.6) is 0 Å². The molecule has 1 aromatic carbocycles. The van der Waals surface area contributed by atoms with E-state index in [9.17, 15) is 14.3 Å². The summed E-state index contributed by atoms with van der Waals surface area (Å²) in [5.74, 6) is -1.21. The van der Waals surface area contributed by atoms with E-state index >= 15 is 0 Å². The molecule has 0 saturated heterocycles. The monoisotopic (exact) mass is 240 g/mol. The molecule has 1 unspecified atom stereocenters. The quantitative estimate of drug-likeness (QED) is 0.694. The molecule has 4 N–H and O–H groups in total. The van der Waals surface area contributed by atoms with Gasteiger partial charge in [-0.25, -0.2) is 4.39 Å². The van der Waals surface area contributed by atoms with E-state index in [-0.39, 0.29) is 12.2 Å². The van der Waals surface area contributed by atoms with Crippen LogP contribution in [-0.2, 0) is 0 Å². The molecular weight excluding hydrogens is 223 g/mol. The lowest BCUT2D eigenvalue weighted by atomic mass is 9.99. The smallest absolute Gasteiger partial charge is 0.254 e. The van der Waals surface area contributed by atoms with Crippen molar-refractivity contribution >= 4 is 11.6 Å². The lowest BCUT2D eigenvalue weighted by molar-refractivity contribution is 0.0843. The van der Waals surface area contributed by atoms with Crippen LogP contribution in [-0.4, -0.2) is 23.2 Å². The average Bonchev–Trinajstić information content (AvgIpc) is 2.32. The summed E-state index contributed by atoms with van der Waals surface area (Å²) in [5.41, 5.74) is 4.95. The number of nitrogen functional groups attached to an aromatic ring is 1. The Morgan fingerprint density at radius 2 is 2.24 bits per heavy atom. The first kappa shape index (κ1) is 13.4. The number of hydrogen-bond donors (Lipinski definition) is 3. The summed E-state index contributed by atoms with van der Waals surface area (Å²) in [6.45, 7) is 3.31. The van der Waals surface area contributed by atoms with Crippen molar-refractivity contribution in [3.8, 4) is 0 Å². The zero-order valence-electron chi connectivity index (χ0n) is 9.96. The highest BCUT2D eigenvalue weighted by Gasteiger charge is 2.25. The van der Waals surface area contributed by atoms with Gasteiger partial charge in [0.15, 0.2) is 0 Å². The maximum absolute atomic E-state index is 13.4. The second-order valence-corrected chi connectivity index (χ2v) is 4.27. The minimum Gasteiger partial charge on any atom is -0.399 e. The fraction of sp³-hybridized carbons (Fsp3) is 0.417. The van der Waals surface area contributed by atoms with E-state index in [1.54, 1.807) is 6.92 Å². The number of halogens is 1. The summed E-state index contributed by atoms with van der Waals surface area (Å²) in [6, 6.07) is 3.81. The molecule has 0 bridgehead atoms. The Morgan fingerprint density at radius 1 is 1.59 bits per heavy atom. The Morgan fingerprint density at radius 3 is 2.76 bits per heavy atom. The first-order chi connectivity index (χ1) is 7.91. The molecule has 0 radical (unpaired) electrons. The second kappa shape index (κ2) is 5.14. The molecule has 1 rings (SSSR count). The van der Waals surface area contributed by atoms with Crippen LogP contribution in [0.3, 0.4) is 0 Å². The van der Waals surface area contributed by atoms with Gasteiger partial charge in [0.1, 0.15) is 5.82 Å². The fourth-order valence-electron chi connectivity index (χ4n) is 1.30. The van der Waals surface area contributed by atoms with E-state index in [0.29, 0.717) is 12.1 Å². The van der Waals surface area contributed by atoms with Crippen LogP contribution in [0.2, 0.25) is 0 Å². The molecule has 0 heterocycles. The first-order valence-corrected chi connectivity index (χ1v) is 5.40. The van der Waals surface area contributed by atoms with Gasteiger partial charge in [0, 0.05) is 5.69 Å².